The third kappa shape index (κ3) is 5.91. The summed E-state index contributed by atoms with van der Waals surface area (Å²) in [5.74, 6) is 0.333. The summed E-state index contributed by atoms with van der Waals surface area (Å²) in [6.07, 6.45) is 5.58. The van der Waals surface area contributed by atoms with Gasteiger partial charge in [-0.1, -0.05) is 36.1 Å². The number of rotatable bonds is 8. The molecule has 0 fully saturated rings. The van der Waals surface area contributed by atoms with Crippen molar-refractivity contribution in [3.05, 3.63) is 98.3 Å². The van der Waals surface area contributed by atoms with E-state index in [1.54, 1.807) is 36.3 Å². The number of esters is 1. The lowest BCUT2D eigenvalue weighted by molar-refractivity contribution is -0.139. The van der Waals surface area contributed by atoms with E-state index < -0.39 is 12.0 Å². The summed E-state index contributed by atoms with van der Waals surface area (Å²) in [6, 6.07) is 11.2. The quantitative estimate of drug-likeness (QED) is 0.135. The number of hydrogen-bond acceptors (Lipinski definition) is 7. The van der Waals surface area contributed by atoms with Crippen LogP contribution in [0.3, 0.4) is 0 Å². The molecule has 0 saturated carbocycles. The first-order chi connectivity index (χ1) is 17.8. The highest BCUT2D eigenvalue weighted by atomic mass is 127. The third-order valence-corrected chi connectivity index (χ3v) is 8.94. The smallest absolute Gasteiger partial charge is 0.338 e. The van der Waals surface area contributed by atoms with Crippen molar-refractivity contribution in [1.82, 2.24) is 4.57 Å². The predicted octanol–water partition coefficient (Wildman–Crippen LogP) is 5.29. The summed E-state index contributed by atoms with van der Waals surface area (Å²) in [5, 5.41) is 0. The number of halogens is 2. The van der Waals surface area contributed by atoms with Crippen LogP contribution in [0.4, 0.5) is 0 Å². The lowest BCUT2D eigenvalue weighted by Gasteiger charge is -2.24. The fourth-order valence-electron chi connectivity index (χ4n) is 3.99. The van der Waals surface area contributed by atoms with Crippen LogP contribution < -0.4 is 19.6 Å². The highest BCUT2D eigenvalue weighted by Gasteiger charge is 2.33. The number of fused-ring (bicyclic) bond motifs is 1. The number of thiazole rings is 1. The molecule has 1 aromatic heterocycles. The number of carbonyl (C=O) groups is 1. The molecule has 1 aliphatic rings. The van der Waals surface area contributed by atoms with Gasteiger partial charge in [0.1, 0.15) is 12.4 Å². The van der Waals surface area contributed by atoms with Crippen molar-refractivity contribution in [2.75, 3.05) is 19.5 Å². The van der Waals surface area contributed by atoms with Crippen molar-refractivity contribution in [3.63, 3.8) is 0 Å². The summed E-state index contributed by atoms with van der Waals surface area (Å²) in [7, 11) is 0. The van der Waals surface area contributed by atoms with E-state index in [4.69, 9.17) is 9.47 Å². The van der Waals surface area contributed by atoms with Crippen LogP contribution in [0.5, 0.6) is 5.75 Å². The van der Waals surface area contributed by atoms with Gasteiger partial charge in [-0.25, -0.2) is 9.79 Å². The molecule has 192 valence electrons. The van der Waals surface area contributed by atoms with Crippen molar-refractivity contribution in [2.24, 2.45) is 4.99 Å². The molecule has 1 aliphatic heterocycles. The Morgan fingerprint density at radius 2 is 1.92 bits per heavy atom. The monoisotopic (exact) mass is 758 g/mol. The lowest BCUT2D eigenvalue weighted by Crippen LogP contribution is -2.39. The summed E-state index contributed by atoms with van der Waals surface area (Å²) in [6.45, 7) is 7.92. The van der Waals surface area contributed by atoms with Gasteiger partial charge in [0.2, 0.25) is 0 Å². The molecule has 37 heavy (non-hydrogen) atoms. The number of ether oxygens (including phenoxy) is 2. The summed E-state index contributed by atoms with van der Waals surface area (Å²) in [5.41, 5.74) is 2.44. The Kier molecular flexibility index (Phi) is 9.35. The Bertz CT molecular complexity index is 1550. The van der Waals surface area contributed by atoms with Crippen molar-refractivity contribution in [1.29, 1.82) is 0 Å². The van der Waals surface area contributed by atoms with E-state index in [0.717, 1.165) is 28.9 Å². The number of aromatic nitrogens is 1. The average molecular weight is 758 g/mol. The zero-order valence-electron chi connectivity index (χ0n) is 20.4. The van der Waals surface area contributed by atoms with Crippen LogP contribution in [-0.2, 0) is 9.53 Å². The molecule has 0 spiro atoms. The Balaban J connectivity index is 1.88. The molecular formula is C27H24I2N2O4S2. The van der Waals surface area contributed by atoms with Crippen molar-refractivity contribution >= 4 is 80.3 Å². The Morgan fingerprint density at radius 3 is 2.51 bits per heavy atom. The lowest BCUT2D eigenvalue weighted by atomic mass is 9.96. The van der Waals surface area contributed by atoms with Crippen molar-refractivity contribution in [2.45, 2.75) is 24.8 Å². The van der Waals surface area contributed by atoms with E-state index in [-0.39, 0.29) is 12.2 Å². The minimum absolute atomic E-state index is 0.200. The number of benzene rings is 2. The highest BCUT2D eigenvalue weighted by molar-refractivity contribution is 14.1. The van der Waals surface area contributed by atoms with Gasteiger partial charge < -0.3 is 9.47 Å². The first-order valence-corrected chi connectivity index (χ1v) is 15.5. The highest BCUT2D eigenvalue weighted by Crippen LogP contribution is 2.32. The van der Waals surface area contributed by atoms with Gasteiger partial charge in [-0.05, 0) is 107 Å². The standard InChI is InChI=1S/C27H24I2N2O4S2/c1-5-11-35-24-19(28)12-16(13-20(24)29)14-21-25(32)31-23(17-7-9-18(36-4)10-8-17)22(26(33)34-6-2)15(3)30-27(31)37-21/h5,7-10,12-14,23H,1,6,11H2,2-4H3/b21-14-/t23-/m0/s1. The second-order valence-corrected chi connectivity index (χ2v) is 12.2. The van der Waals surface area contributed by atoms with Crippen LogP contribution in [0, 0.1) is 7.14 Å². The molecule has 6 nitrogen and oxygen atoms in total. The van der Waals surface area contributed by atoms with Crippen LogP contribution in [-0.4, -0.2) is 30.0 Å². The topological polar surface area (TPSA) is 69.9 Å². The number of hydrogen-bond donors (Lipinski definition) is 0. The number of nitrogens with zero attached hydrogens (tertiary/aromatic N) is 2. The normalized spacial score (nSPS) is 15.3. The van der Waals surface area contributed by atoms with E-state index in [9.17, 15) is 9.59 Å². The molecule has 0 radical (unpaired) electrons. The molecule has 4 rings (SSSR count). The van der Waals surface area contributed by atoms with E-state index in [2.05, 4.69) is 56.8 Å². The molecule has 0 amide bonds. The molecule has 0 unspecified atom stereocenters. The van der Waals surface area contributed by atoms with Crippen molar-refractivity contribution in [3.8, 4) is 5.75 Å². The Morgan fingerprint density at radius 1 is 1.24 bits per heavy atom. The second-order valence-electron chi connectivity index (χ2n) is 7.99. The SMILES string of the molecule is C=CCOc1c(I)cc(/C=c2\sc3n(c2=O)[C@@H](c2ccc(SC)cc2)C(C(=O)OCC)=C(C)N=3)cc1I. The van der Waals surface area contributed by atoms with Gasteiger partial charge in [-0.15, -0.1) is 11.8 Å². The Labute approximate surface area is 250 Å². The molecule has 1 atom stereocenters. The summed E-state index contributed by atoms with van der Waals surface area (Å²) in [4.78, 5) is 33.1. The fraction of sp³-hybridized carbons (Fsp3) is 0.222. The van der Waals surface area contributed by atoms with Crippen LogP contribution in [0.25, 0.3) is 6.08 Å². The van der Waals surface area contributed by atoms with E-state index in [1.165, 1.54) is 11.3 Å². The maximum atomic E-state index is 13.8. The average Bonchev–Trinajstić information content (AvgIpc) is 3.17. The fourth-order valence-corrected chi connectivity index (χ4v) is 7.57. The molecule has 0 saturated heterocycles. The maximum Gasteiger partial charge on any atom is 0.338 e. The molecule has 0 N–H and O–H groups in total. The van der Waals surface area contributed by atoms with Gasteiger partial charge in [-0.2, -0.15) is 0 Å². The van der Waals surface area contributed by atoms with Crippen LogP contribution in [0.2, 0.25) is 0 Å². The first kappa shape index (κ1) is 28.1. The van der Waals surface area contributed by atoms with Crippen LogP contribution >= 0.6 is 68.3 Å². The molecule has 2 heterocycles. The molecule has 0 aliphatic carbocycles. The van der Waals surface area contributed by atoms with Gasteiger partial charge in [0.25, 0.3) is 5.56 Å². The van der Waals surface area contributed by atoms with Crippen molar-refractivity contribution < 1.29 is 14.3 Å². The minimum Gasteiger partial charge on any atom is -0.487 e. The largest absolute Gasteiger partial charge is 0.487 e. The summed E-state index contributed by atoms with van der Waals surface area (Å²) >= 11 is 7.41. The number of thioether (sulfide) groups is 1. The Hall–Kier alpha value is -1.90. The van der Waals surface area contributed by atoms with Crippen LogP contribution in [0.15, 0.2) is 75.0 Å². The van der Waals surface area contributed by atoms with Gasteiger partial charge in [0, 0.05) is 4.90 Å². The number of allylic oxidation sites excluding steroid dienone is 1. The minimum atomic E-state index is -0.622. The third-order valence-electron chi connectivity index (χ3n) is 5.61. The van der Waals surface area contributed by atoms with E-state index in [1.807, 2.05) is 48.7 Å². The molecular weight excluding hydrogens is 734 g/mol. The van der Waals surface area contributed by atoms with Gasteiger partial charge >= 0.3 is 5.97 Å². The zero-order chi connectivity index (χ0) is 26.7. The van der Waals surface area contributed by atoms with Gasteiger partial charge in [0.15, 0.2) is 4.80 Å². The molecule has 0 bridgehead atoms. The molecule has 2 aromatic carbocycles. The van der Waals surface area contributed by atoms with E-state index >= 15 is 0 Å². The number of carbonyl (C=O) groups excluding carboxylic acids is 1. The van der Waals surface area contributed by atoms with Gasteiger partial charge in [-0.3, -0.25) is 9.36 Å². The maximum absolute atomic E-state index is 13.8. The van der Waals surface area contributed by atoms with E-state index in [0.29, 0.717) is 27.2 Å². The first-order valence-electron chi connectivity index (χ1n) is 11.3. The molecule has 10 heteroatoms. The second kappa shape index (κ2) is 12.3. The zero-order valence-corrected chi connectivity index (χ0v) is 26.4. The van der Waals surface area contributed by atoms with Gasteiger partial charge in [0.05, 0.1) is 35.6 Å². The van der Waals surface area contributed by atoms with Crippen LogP contribution in [0.1, 0.15) is 31.0 Å². The molecule has 3 aromatic rings. The summed E-state index contributed by atoms with van der Waals surface area (Å²) < 4.78 is 15.2. The predicted molar refractivity (Wildman–Crippen MR) is 166 cm³/mol.